The molecular weight excluding hydrogens is 324 g/mol. The monoisotopic (exact) mass is 354 g/mol. The van der Waals surface area contributed by atoms with E-state index in [-0.39, 0.29) is 28.2 Å². The van der Waals surface area contributed by atoms with E-state index in [1.165, 1.54) is 24.8 Å². The van der Waals surface area contributed by atoms with E-state index in [1.807, 2.05) is 6.08 Å². The summed E-state index contributed by atoms with van der Waals surface area (Å²) in [6.07, 6.45) is 15.5. The van der Waals surface area contributed by atoms with Crippen LogP contribution in [0.2, 0.25) is 0 Å². The van der Waals surface area contributed by atoms with Crippen LogP contribution in [0.5, 0.6) is 0 Å². The summed E-state index contributed by atoms with van der Waals surface area (Å²) in [5.74, 6) is 2.12. The highest BCUT2D eigenvalue weighted by molar-refractivity contribution is 5.92. The standard InChI is InChI=1S/C23H30O3/c1-3-22-11-7-18-17(5-4-15-14-16(24)6-10-21(15,18)2)19(22)8-12-23(22)13-9-20(25)26-23/h4-5,14,17-19H,3,6-13H2,1-2H3/t17?,18-,19-,21-,22?,23+/m0/s1. The molecule has 0 aromatic rings. The molecule has 0 bridgehead atoms. The largest absolute Gasteiger partial charge is 0.458 e. The number of esters is 1. The van der Waals surface area contributed by atoms with Gasteiger partial charge in [-0.1, -0.05) is 26.0 Å². The second-order valence-corrected chi connectivity index (χ2v) is 9.69. The Morgan fingerprint density at radius 2 is 1.88 bits per heavy atom. The Kier molecular flexibility index (Phi) is 3.44. The first-order valence-corrected chi connectivity index (χ1v) is 10.6. The van der Waals surface area contributed by atoms with Gasteiger partial charge in [-0.05, 0) is 79.8 Å². The van der Waals surface area contributed by atoms with Crippen molar-refractivity contribution in [3.63, 3.8) is 0 Å². The lowest BCUT2D eigenvalue weighted by atomic mass is 9.47. The molecule has 1 saturated heterocycles. The first kappa shape index (κ1) is 16.8. The average Bonchev–Trinajstić information content (AvgIpc) is 3.17. The highest BCUT2D eigenvalue weighted by Gasteiger charge is 2.67. The lowest BCUT2D eigenvalue weighted by Crippen LogP contribution is -2.54. The average molecular weight is 354 g/mol. The van der Waals surface area contributed by atoms with Crippen molar-refractivity contribution in [2.45, 2.75) is 77.2 Å². The van der Waals surface area contributed by atoms with Crippen LogP contribution in [0.3, 0.4) is 0 Å². The third-order valence-electron chi connectivity index (χ3n) is 9.16. The van der Waals surface area contributed by atoms with Crippen molar-refractivity contribution in [3.05, 3.63) is 23.8 Å². The van der Waals surface area contributed by atoms with Crippen LogP contribution in [0, 0.1) is 28.6 Å². The summed E-state index contributed by atoms with van der Waals surface area (Å²) in [7, 11) is 0. The van der Waals surface area contributed by atoms with Gasteiger partial charge in [0.05, 0.1) is 0 Å². The van der Waals surface area contributed by atoms with E-state index >= 15 is 0 Å². The first-order valence-electron chi connectivity index (χ1n) is 10.6. The molecule has 5 aliphatic rings. The van der Waals surface area contributed by atoms with E-state index < -0.39 is 0 Å². The van der Waals surface area contributed by atoms with Gasteiger partial charge in [0, 0.05) is 18.3 Å². The first-order chi connectivity index (χ1) is 12.4. The maximum Gasteiger partial charge on any atom is 0.306 e. The van der Waals surface area contributed by atoms with Crippen molar-refractivity contribution in [1.82, 2.24) is 0 Å². The van der Waals surface area contributed by atoms with Crippen LogP contribution < -0.4 is 0 Å². The molecule has 0 N–H and O–H groups in total. The fourth-order valence-corrected chi connectivity index (χ4v) is 7.83. The number of carbonyl (C=O) groups excluding carboxylic acids is 2. The van der Waals surface area contributed by atoms with Gasteiger partial charge in [-0.2, -0.15) is 0 Å². The van der Waals surface area contributed by atoms with Gasteiger partial charge >= 0.3 is 5.97 Å². The number of hydrogen-bond acceptors (Lipinski definition) is 3. The van der Waals surface area contributed by atoms with Crippen LogP contribution in [0.15, 0.2) is 23.8 Å². The van der Waals surface area contributed by atoms with E-state index in [9.17, 15) is 9.59 Å². The zero-order valence-electron chi connectivity index (χ0n) is 16.1. The fraction of sp³-hybridized carbons (Fsp3) is 0.739. The van der Waals surface area contributed by atoms with Gasteiger partial charge < -0.3 is 4.74 Å². The number of hydrogen-bond donors (Lipinski definition) is 0. The van der Waals surface area contributed by atoms with Crippen LogP contribution in [0.25, 0.3) is 0 Å². The molecule has 2 unspecified atom stereocenters. The summed E-state index contributed by atoms with van der Waals surface area (Å²) in [5, 5.41) is 0. The predicted octanol–water partition coefficient (Wildman–Crippen LogP) is 4.76. The summed E-state index contributed by atoms with van der Waals surface area (Å²) in [5.41, 5.74) is 1.38. The molecule has 0 radical (unpaired) electrons. The van der Waals surface area contributed by atoms with Gasteiger partial charge in [-0.3, -0.25) is 9.59 Å². The number of allylic oxidation sites excluding steroid dienone is 4. The Hall–Kier alpha value is -1.38. The van der Waals surface area contributed by atoms with Gasteiger partial charge in [-0.25, -0.2) is 0 Å². The quantitative estimate of drug-likeness (QED) is 0.638. The van der Waals surface area contributed by atoms with Crippen molar-refractivity contribution in [3.8, 4) is 0 Å². The van der Waals surface area contributed by atoms with Crippen LogP contribution in [-0.4, -0.2) is 17.4 Å². The highest BCUT2D eigenvalue weighted by atomic mass is 16.6. The van der Waals surface area contributed by atoms with Gasteiger partial charge in [0.15, 0.2) is 5.78 Å². The third kappa shape index (κ3) is 1.90. The molecule has 3 nitrogen and oxygen atoms in total. The van der Waals surface area contributed by atoms with Crippen LogP contribution in [0.1, 0.15) is 71.6 Å². The Bertz CT molecular complexity index is 734. The SMILES string of the molecule is CCC12CC[C@H]3C(C=CC4=CC(=O)CC[C@@]43C)[C@@H]1CC[C@@]21CCC(=O)O1. The second-order valence-electron chi connectivity index (χ2n) is 9.69. The van der Waals surface area contributed by atoms with Gasteiger partial charge in [0.25, 0.3) is 0 Å². The molecule has 3 fully saturated rings. The van der Waals surface area contributed by atoms with Crippen molar-refractivity contribution in [2.75, 3.05) is 0 Å². The van der Waals surface area contributed by atoms with E-state index in [1.54, 1.807) is 0 Å². The van der Waals surface area contributed by atoms with Gasteiger partial charge in [-0.15, -0.1) is 0 Å². The van der Waals surface area contributed by atoms with Crippen LogP contribution in [-0.2, 0) is 14.3 Å². The number of fused-ring (bicyclic) bond motifs is 6. The molecule has 6 atom stereocenters. The Labute approximate surface area is 156 Å². The van der Waals surface area contributed by atoms with E-state index in [0.717, 1.165) is 25.7 Å². The van der Waals surface area contributed by atoms with Gasteiger partial charge in [0.2, 0.25) is 0 Å². The predicted molar refractivity (Wildman–Crippen MR) is 99.3 cm³/mol. The highest BCUT2D eigenvalue weighted by Crippen LogP contribution is 2.69. The molecule has 140 valence electrons. The van der Waals surface area contributed by atoms with Crippen molar-refractivity contribution >= 4 is 11.8 Å². The molecule has 1 heterocycles. The maximum atomic E-state index is 12.0. The minimum Gasteiger partial charge on any atom is -0.458 e. The molecule has 5 rings (SSSR count). The topological polar surface area (TPSA) is 43.4 Å². The Morgan fingerprint density at radius 3 is 2.62 bits per heavy atom. The lowest BCUT2D eigenvalue weighted by Gasteiger charge is -2.58. The smallest absolute Gasteiger partial charge is 0.306 e. The molecule has 0 aromatic heterocycles. The number of rotatable bonds is 1. The molecule has 1 spiro atoms. The van der Waals surface area contributed by atoms with E-state index in [2.05, 4.69) is 26.0 Å². The molecule has 26 heavy (non-hydrogen) atoms. The van der Waals surface area contributed by atoms with E-state index in [4.69, 9.17) is 4.74 Å². The fourth-order valence-electron chi connectivity index (χ4n) is 7.83. The Morgan fingerprint density at radius 1 is 1.08 bits per heavy atom. The number of carbonyl (C=O) groups is 2. The van der Waals surface area contributed by atoms with Gasteiger partial charge in [0.1, 0.15) is 5.60 Å². The summed E-state index contributed by atoms with van der Waals surface area (Å²) in [4.78, 5) is 24.0. The Balaban J connectivity index is 1.56. The lowest BCUT2D eigenvalue weighted by molar-refractivity contribution is -0.168. The maximum absolute atomic E-state index is 12.0. The molecular formula is C23H30O3. The minimum absolute atomic E-state index is 0.0164. The van der Waals surface area contributed by atoms with Crippen molar-refractivity contribution in [2.24, 2.45) is 28.6 Å². The van der Waals surface area contributed by atoms with Crippen molar-refractivity contribution < 1.29 is 14.3 Å². The zero-order valence-corrected chi connectivity index (χ0v) is 16.1. The molecule has 1 aliphatic heterocycles. The summed E-state index contributed by atoms with van der Waals surface area (Å²) >= 11 is 0. The molecule has 3 heteroatoms. The second kappa shape index (κ2) is 5.33. The summed E-state index contributed by atoms with van der Waals surface area (Å²) in [6, 6.07) is 0. The van der Waals surface area contributed by atoms with Crippen molar-refractivity contribution in [1.29, 1.82) is 0 Å². The zero-order chi connectivity index (χ0) is 18.2. The third-order valence-corrected chi connectivity index (χ3v) is 9.16. The number of ether oxygens (including phenoxy) is 1. The van der Waals surface area contributed by atoms with Crippen LogP contribution >= 0.6 is 0 Å². The summed E-state index contributed by atoms with van der Waals surface area (Å²) < 4.78 is 6.08. The normalized spacial score (nSPS) is 49.5. The molecule has 0 amide bonds. The van der Waals surface area contributed by atoms with Crippen LogP contribution in [0.4, 0.5) is 0 Å². The number of ketones is 1. The molecule has 0 aromatic carbocycles. The summed E-state index contributed by atoms with van der Waals surface area (Å²) in [6.45, 7) is 4.71. The molecule has 4 aliphatic carbocycles. The minimum atomic E-state index is -0.193. The molecule has 2 saturated carbocycles. The van der Waals surface area contributed by atoms with E-state index in [0.29, 0.717) is 30.6 Å².